The summed E-state index contributed by atoms with van der Waals surface area (Å²) < 4.78 is 35.3. The summed E-state index contributed by atoms with van der Waals surface area (Å²) in [6.07, 6.45) is 4.93. The van der Waals surface area contributed by atoms with Gasteiger partial charge in [-0.15, -0.1) is 0 Å². The largest absolute Gasteiger partial charge is 0.480 e. The van der Waals surface area contributed by atoms with Crippen molar-refractivity contribution in [3.63, 3.8) is 0 Å². The van der Waals surface area contributed by atoms with Crippen molar-refractivity contribution >= 4 is 67.6 Å². The highest BCUT2D eigenvalue weighted by atomic mass is 127. The Balaban J connectivity index is 1.67. The minimum atomic E-state index is -0.570. The normalized spacial score (nSPS) is 16.7. The molecule has 4 aromatic rings. The van der Waals surface area contributed by atoms with E-state index >= 15 is 4.39 Å². The first-order chi connectivity index (χ1) is 18.0. The number of hydrogen-bond acceptors (Lipinski definition) is 8. The van der Waals surface area contributed by atoms with E-state index < -0.39 is 5.82 Å². The summed E-state index contributed by atoms with van der Waals surface area (Å²) in [6, 6.07) is 2.00. The maximum Gasteiger partial charge on any atom is 0.318 e. The zero-order valence-electron chi connectivity index (χ0n) is 20.2. The number of halogens is 3. The molecule has 1 aliphatic heterocycles. The number of aromatic nitrogens is 5. The van der Waals surface area contributed by atoms with Crippen molar-refractivity contribution in [2.45, 2.75) is 25.2 Å². The predicted octanol–water partition coefficient (Wildman–Crippen LogP) is 5.75. The summed E-state index contributed by atoms with van der Waals surface area (Å²) in [5.74, 6) is 0.429. The molecule has 1 atom stereocenters. The van der Waals surface area contributed by atoms with Gasteiger partial charge in [0.25, 0.3) is 0 Å². The van der Waals surface area contributed by atoms with Gasteiger partial charge in [-0.3, -0.25) is 0 Å². The van der Waals surface area contributed by atoms with Crippen molar-refractivity contribution in [2.75, 3.05) is 45.4 Å². The molecular formula is C24H24ClFIN6O3P. The van der Waals surface area contributed by atoms with Gasteiger partial charge in [0.2, 0.25) is 5.88 Å². The van der Waals surface area contributed by atoms with E-state index in [1.54, 1.807) is 6.20 Å². The molecule has 0 amide bonds. The van der Waals surface area contributed by atoms with E-state index in [1.807, 2.05) is 15.4 Å². The molecule has 4 heterocycles. The number of hydrogen-bond donors (Lipinski definition) is 0. The third kappa shape index (κ3) is 4.37. The molecular weight excluding hydrogens is 633 g/mol. The predicted molar refractivity (Wildman–Crippen MR) is 151 cm³/mol. The van der Waals surface area contributed by atoms with E-state index in [2.05, 4.69) is 37.1 Å². The van der Waals surface area contributed by atoms with Crippen LogP contribution in [0.5, 0.6) is 11.9 Å². The molecule has 1 unspecified atom stereocenters. The summed E-state index contributed by atoms with van der Waals surface area (Å²) in [7, 11) is 2.99. The first kappa shape index (κ1) is 25.2. The van der Waals surface area contributed by atoms with Crippen LogP contribution in [0, 0.1) is 5.82 Å². The Morgan fingerprint density at radius 3 is 2.73 bits per heavy atom. The van der Waals surface area contributed by atoms with Gasteiger partial charge in [-0.25, -0.2) is 13.8 Å². The Morgan fingerprint density at radius 1 is 1.16 bits per heavy atom. The fourth-order valence-corrected chi connectivity index (χ4v) is 6.82. The van der Waals surface area contributed by atoms with Gasteiger partial charge in [0.1, 0.15) is 22.4 Å². The van der Waals surface area contributed by atoms with E-state index in [9.17, 15) is 0 Å². The number of methoxy groups -OCH3 is 2. The third-order valence-electron chi connectivity index (χ3n) is 6.78. The van der Waals surface area contributed by atoms with Crippen LogP contribution in [0.1, 0.15) is 30.7 Å². The highest BCUT2D eigenvalue weighted by Crippen LogP contribution is 2.51. The SMILES string of the molecule is COc1nc(N2CCCOCC2)c2c(OC)nc(-c3c(C4CC4)c(Cl)cc4c3cnn4PI)c(F)c2n1. The zero-order valence-corrected chi connectivity index (χ0v) is 24.1. The van der Waals surface area contributed by atoms with Gasteiger partial charge < -0.3 is 19.1 Å². The standard InChI is InChI=1S/C24H24ClFIN6O3P/c1-34-23-18-21(30-24(35-2)31-22(18)32-6-3-8-36-9-7-32)19(26)20(29-23)17-13-11-28-33(37-27)15(13)10-14(25)16(17)12-4-5-12/h10-12,37H,3-9H2,1-2H3. The number of fused-ring (bicyclic) bond motifs is 2. The molecule has 0 radical (unpaired) electrons. The van der Waals surface area contributed by atoms with E-state index in [1.165, 1.54) is 14.2 Å². The molecule has 1 saturated heterocycles. The van der Waals surface area contributed by atoms with Crippen molar-refractivity contribution < 1.29 is 18.6 Å². The molecule has 0 N–H and O–H groups in total. The van der Waals surface area contributed by atoms with Gasteiger partial charge in [0.15, 0.2) is 5.82 Å². The highest BCUT2D eigenvalue weighted by molar-refractivity contribution is 14.2. The summed E-state index contributed by atoms with van der Waals surface area (Å²) in [5, 5.41) is 6.32. The lowest BCUT2D eigenvalue weighted by molar-refractivity contribution is 0.152. The highest BCUT2D eigenvalue weighted by Gasteiger charge is 2.34. The molecule has 194 valence electrons. The average molecular weight is 657 g/mol. The first-order valence-corrected chi connectivity index (χ1v) is 16.4. The molecule has 1 saturated carbocycles. The molecule has 1 aromatic carbocycles. The maximum absolute atomic E-state index is 16.6. The molecule has 6 rings (SSSR count). The third-order valence-corrected chi connectivity index (χ3v) is 8.98. The zero-order chi connectivity index (χ0) is 25.7. The minimum Gasteiger partial charge on any atom is -0.480 e. The van der Waals surface area contributed by atoms with Crippen LogP contribution >= 0.6 is 40.0 Å². The summed E-state index contributed by atoms with van der Waals surface area (Å²) in [6.45, 7) is 2.49. The lowest BCUT2D eigenvalue weighted by Gasteiger charge is -2.24. The second-order valence-electron chi connectivity index (χ2n) is 8.99. The second-order valence-corrected chi connectivity index (χ2v) is 11.4. The Morgan fingerprint density at radius 2 is 2.00 bits per heavy atom. The lowest BCUT2D eigenvalue weighted by atomic mass is 9.95. The second kappa shape index (κ2) is 10.2. The molecule has 1 aliphatic carbocycles. The monoisotopic (exact) mass is 656 g/mol. The van der Waals surface area contributed by atoms with E-state index in [4.69, 9.17) is 30.8 Å². The van der Waals surface area contributed by atoms with Crippen molar-refractivity contribution in [3.8, 4) is 23.1 Å². The quantitative estimate of drug-likeness (QED) is 0.192. The number of anilines is 1. The maximum atomic E-state index is 16.6. The van der Waals surface area contributed by atoms with E-state index in [0.29, 0.717) is 54.5 Å². The number of nitrogens with zero attached hydrogens (tertiary/aromatic N) is 6. The Labute approximate surface area is 232 Å². The Kier molecular flexibility index (Phi) is 6.98. The number of ether oxygens (including phenoxy) is 3. The number of rotatable bonds is 6. The van der Waals surface area contributed by atoms with Gasteiger partial charge in [0.05, 0.1) is 38.9 Å². The fraction of sp³-hybridized carbons (Fsp3) is 0.417. The van der Waals surface area contributed by atoms with Gasteiger partial charge in [-0.05, 0) is 58.9 Å². The van der Waals surface area contributed by atoms with Crippen LogP contribution in [0.2, 0.25) is 5.02 Å². The molecule has 13 heteroatoms. The van der Waals surface area contributed by atoms with Crippen molar-refractivity contribution in [1.29, 1.82) is 0 Å². The van der Waals surface area contributed by atoms with Crippen molar-refractivity contribution in [2.24, 2.45) is 0 Å². The Bertz CT molecular complexity index is 1510. The van der Waals surface area contributed by atoms with E-state index in [0.717, 1.165) is 35.7 Å². The molecule has 0 spiro atoms. The number of benzene rings is 1. The van der Waals surface area contributed by atoms with Crippen LogP contribution in [-0.2, 0) is 4.74 Å². The molecule has 3 aromatic heterocycles. The molecule has 37 heavy (non-hydrogen) atoms. The first-order valence-electron chi connectivity index (χ1n) is 11.9. The fourth-order valence-electron chi connectivity index (χ4n) is 4.94. The van der Waals surface area contributed by atoms with Crippen LogP contribution in [-0.4, -0.2) is 65.0 Å². The molecule has 2 aliphatic rings. The summed E-state index contributed by atoms with van der Waals surface area (Å²) in [5.41, 5.74) is 2.60. The Hall–Kier alpha value is -2.08. The summed E-state index contributed by atoms with van der Waals surface area (Å²) in [4.78, 5) is 15.8. The number of pyridine rings is 1. The topological polar surface area (TPSA) is 87.4 Å². The van der Waals surface area contributed by atoms with Gasteiger partial charge >= 0.3 is 6.01 Å². The van der Waals surface area contributed by atoms with Gasteiger partial charge in [0, 0.05) is 35.7 Å². The molecule has 2 fully saturated rings. The van der Waals surface area contributed by atoms with E-state index in [-0.39, 0.29) is 29.0 Å². The average Bonchev–Trinajstić information content (AvgIpc) is 3.72. The van der Waals surface area contributed by atoms with Gasteiger partial charge in [-0.2, -0.15) is 15.1 Å². The smallest absolute Gasteiger partial charge is 0.318 e. The molecule has 9 nitrogen and oxygen atoms in total. The molecule has 0 bridgehead atoms. The van der Waals surface area contributed by atoms with Crippen molar-refractivity contribution in [1.82, 2.24) is 24.5 Å². The van der Waals surface area contributed by atoms with Crippen LogP contribution in [0.4, 0.5) is 10.2 Å². The van der Waals surface area contributed by atoms with Gasteiger partial charge in [-0.1, -0.05) is 11.6 Å². The van der Waals surface area contributed by atoms with Crippen molar-refractivity contribution in [3.05, 3.63) is 28.7 Å². The van der Waals surface area contributed by atoms with Crippen LogP contribution < -0.4 is 14.4 Å². The lowest BCUT2D eigenvalue weighted by Crippen LogP contribution is -2.27. The minimum absolute atomic E-state index is 0.0726. The van der Waals surface area contributed by atoms with Crippen LogP contribution in [0.25, 0.3) is 33.1 Å². The van der Waals surface area contributed by atoms with Crippen LogP contribution in [0.3, 0.4) is 0 Å². The summed E-state index contributed by atoms with van der Waals surface area (Å²) >= 11 is 9.09. The van der Waals surface area contributed by atoms with Crippen LogP contribution in [0.15, 0.2) is 12.3 Å².